The monoisotopic (exact) mass is 229 g/mol. The van der Waals surface area contributed by atoms with Gasteiger partial charge >= 0.3 is 0 Å². The highest BCUT2D eigenvalue weighted by Gasteiger charge is 2.10. The van der Waals surface area contributed by atoms with Crippen molar-refractivity contribution in [1.82, 2.24) is 0 Å². The van der Waals surface area contributed by atoms with E-state index in [0.29, 0.717) is 12.1 Å². The van der Waals surface area contributed by atoms with Crippen LogP contribution in [-0.4, -0.2) is 9.46 Å². The maximum atomic E-state index is 13.4. The molecule has 0 spiro atoms. The molecular weight excluding hydrogens is 213 g/mol. The van der Waals surface area contributed by atoms with Gasteiger partial charge in [0.25, 0.3) is 0 Å². The number of rotatable bonds is 4. The van der Waals surface area contributed by atoms with Crippen LogP contribution < -0.4 is 5.73 Å². The van der Waals surface area contributed by atoms with Crippen LogP contribution in [0.3, 0.4) is 0 Å². The van der Waals surface area contributed by atoms with E-state index in [1.54, 1.807) is 12.1 Å². The van der Waals surface area contributed by atoms with E-state index in [1.807, 2.05) is 13.8 Å². The molecule has 0 fully saturated rings. The van der Waals surface area contributed by atoms with Crippen LogP contribution in [0, 0.1) is 5.82 Å². The van der Waals surface area contributed by atoms with Crippen molar-refractivity contribution in [3.05, 3.63) is 35.1 Å². The van der Waals surface area contributed by atoms with Crippen LogP contribution in [0.15, 0.2) is 18.2 Å². The van der Waals surface area contributed by atoms with E-state index in [0.717, 1.165) is 5.56 Å². The third-order valence-electron chi connectivity index (χ3n) is 2.17. The second-order valence-electron chi connectivity index (χ2n) is 3.70. The molecule has 0 aliphatic carbocycles. The average Bonchev–Trinajstić information content (AvgIpc) is 2.21. The van der Waals surface area contributed by atoms with Crippen LogP contribution in [-0.2, 0) is 23.1 Å². The zero-order valence-electron chi connectivity index (χ0n) is 9.00. The zero-order chi connectivity index (χ0) is 11.4. The number of benzene rings is 1. The highest BCUT2D eigenvalue weighted by molar-refractivity contribution is 7.84. The lowest BCUT2D eigenvalue weighted by molar-refractivity contribution is 0.613. The van der Waals surface area contributed by atoms with Crippen molar-refractivity contribution >= 4 is 10.8 Å². The maximum absolute atomic E-state index is 13.4. The van der Waals surface area contributed by atoms with Gasteiger partial charge in [-0.2, -0.15) is 0 Å². The van der Waals surface area contributed by atoms with E-state index in [-0.39, 0.29) is 16.8 Å². The molecule has 0 radical (unpaired) electrons. The van der Waals surface area contributed by atoms with E-state index >= 15 is 0 Å². The highest BCUT2D eigenvalue weighted by Crippen LogP contribution is 2.14. The first-order valence-electron chi connectivity index (χ1n) is 4.89. The Labute approximate surface area is 92.1 Å². The second-order valence-corrected chi connectivity index (χ2v) is 5.70. The summed E-state index contributed by atoms with van der Waals surface area (Å²) < 4.78 is 24.9. The molecular formula is C11H16FNOS. The fourth-order valence-corrected chi connectivity index (χ4v) is 2.05. The van der Waals surface area contributed by atoms with Gasteiger partial charge in [-0.05, 0) is 11.6 Å². The minimum Gasteiger partial charge on any atom is -0.326 e. The van der Waals surface area contributed by atoms with Gasteiger partial charge in [0.15, 0.2) is 0 Å². The molecule has 1 aromatic carbocycles. The topological polar surface area (TPSA) is 43.1 Å². The molecule has 0 saturated heterocycles. The summed E-state index contributed by atoms with van der Waals surface area (Å²) in [5, 5.41) is 0.0472. The van der Waals surface area contributed by atoms with E-state index < -0.39 is 10.8 Å². The Morgan fingerprint density at radius 3 is 2.67 bits per heavy atom. The number of hydrogen-bond acceptors (Lipinski definition) is 2. The summed E-state index contributed by atoms with van der Waals surface area (Å²) in [5.74, 6) is -0.0432. The summed E-state index contributed by atoms with van der Waals surface area (Å²) in [5.41, 5.74) is 6.82. The lowest BCUT2D eigenvalue weighted by atomic mass is 10.1. The molecule has 2 N–H and O–H groups in total. The number of hydrogen-bond donors (Lipinski definition) is 1. The first-order valence-corrected chi connectivity index (χ1v) is 6.27. The van der Waals surface area contributed by atoms with Crippen molar-refractivity contribution in [2.24, 2.45) is 5.73 Å². The fourth-order valence-electron chi connectivity index (χ4n) is 1.19. The van der Waals surface area contributed by atoms with E-state index in [1.165, 1.54) is 6.07 Å². The molecule has 1 aromatic rings. The van der Waals surface area contributed by atoms with Gasteiger partial charge in [0.1, 0.15) is 5.82 Å². The largest absolute Gasteiger partial charge is 0.326 e. The summed E-state index contributed by atoms with van der Waals surface area (Å²) in [6.45, 7) is 4.10. The van der Waals surface area contributed by atoms with Gasteiger partial charge in [-0.15, -0.1) is 0 Å². The van der Waals surface area contributed by atoms with Crippen LogP contribution in [0.5, 0.6) is 0 Å². The van der Waals surface area contributed by atoms with E-state index in [9.17, 15) is 8.60 Å². The average molecular weight is 229 g/mol. The fraction of sp³-hybridized carbons (Fsp3) is 0.455. The molecule has 0 bridgehead atoms. The maximum Gasteiger partial charge on any atom is 0.127 e. The van der Waals surface area contributed by atoms with Gasteiger partial charge in [-0.1, -0.05) is 26.0 Å². The Kier molecular flexibility index (Phi) is 4.42. The molecule has 1 atom stereocenters. The Balaban J connectivity index is 2.88. The van der Waals surface area contributed by atoms with Gasteiger partial charge in [0, 0.05) is 28.2 Å². The van der Waals surface area contributed by atoms with Crippen LogP contribution in [0.25, 0.3) is 0 Å². The second kappa shape index (κ2) is 5.37. The molecule has 0 amide bonds. The zero-order valence-corrected chi connectivity index (χ0v) is 9.81. The summed E-state index contributed by atoms with van der Waals surface area (Å²) >= 11 is 0. The molecule has 84 valence electrons. The highest BCUT2D eigenvalue weighted by atomic mass is 32.2. The molecule has 2 nitrogen and oxygen atoms in total. The van der Waals surface area contributed by atoms with Crippen molar-refractivity contribution in [2.45, 2.75) is 31.4 Å². The van der Waals surface area contributed by atoms with Crippen molar-refractivity contribution < 1.29 is 8.60 Å². The quantitative estimate of drug-likeness (QED) is 0.857. The standard InChI is InChI=1S/C11H16FNOS/c1-8(2)15(14)7-10-5-9(6-13)3-4-11(10)12/h3-5,8H,6-7,13H2,1-2H3. The lowest BCUT2D eigenvalue weighted by Crippen LogP contribution is -2.09. The Morgan fingerprint density at radius 2 is 2.13 bits per heavy atom. The number of halogens is 1. The predicted molar refractivity (Wildman–Crippen MR) is 61.3 cm³/mol. The molecule has 1 unspecified atom stereocenters. The van der Waals surface area contributed by atoms with Crippen molar-refractivity contribution in [3.63, 3.8) is 0 Å². The first-order chi connectivity index (χ1) is 7.04. The SMILES string of the molecule is CC(C)S(=O)Cc1cc(CN)ccc1F. The normalized spacial score (nSPS) is 13.1. The summed E-state index contributed by atoms with van der Waals surface area (Å²) in [7, 11) is -1.02. The van der Waals surface area contributed by atoms with E-state index in [4.69, 9.17) is 5.73 Å². The van der Waals surface area contributed by atoms with Gasteiger partial charge in [0.05, 0.1) is 5.75 Å². The molecule has 0 aliphatic rings. The van der Waals surface area contributed by atoms with Gasteiger partial charge in [-0.25, -0.2) is 4.39 Å². The first kappa shape index (κ1) is 12.3. The minimum atomic E-state index is -1.02. The molecule has 4 heteroatoms. The van der Waals surface area contributed by atoms with Gasteiger partial charge < -0.3 is 5.73 Å². The molecule has 15 heavy (non-hydrogen) atoms. The number of nitrogens with two attached hydrogens (primary N) is 1. The summed E-state index contributed by atoms with van der Waals surface area (Å²) in [6, 6.07) is 4.72. The summed E-state index contributed by atoms with van der Waals surface area (Å²) in [4.78, 5) is 0. The van der Waals surface area contributed by atoms with Crippen LogP contribution in [0.1, 0.15) is 25.0 Å². The molecule has 0 heterocycles. The molecule has 0 saturated carbocycles. The molecule has 0 aromatic heterocycles. The molecule has 0 aliphatic heterocycles. The van der Waals surface area contributed by atoms with Gasteiger partial charge in [-0.3, -0.25) is 4.21 Å². The van der Waals surface area contributed by atoms with Crippen molar-refractivity contribution in [3.8, 4) is 0 Å². The van der Waals surface area contributed by atoms with E-state index in [2.05, 4.69) is 0 Å². The minimum absolute atomic E-state index is 0.0472. The van der Waals surface area contributed by atoms with Crippen LogP contribution >= 0.6 is 0 Å². The van der Waals surface area contributed by atoms with Gasteiger partial charge in [0.2, 0.25) is 0 Å². The summed E-state index contributed by atoms with van der Waals surface area (Å²) in [6.07, 6.45) is 0. The third kappa shape index (κ3) is 3.39. The van der Waals surface area contributed by atoms with Crippen LogP contribution in [0.4, 0.5) is 4.39 Å². The molecule has 1 rings (SSSR count). The smallest absolute Gasteiger partial charge is 0.127 e. The lowest BCUT2D eigenvalue weighted by Gasteiger charge is -2.08. The Morgan fingerprint density at radius 1 is 1.47 bits per heavy atom. The third-order valence-corrected chi connectivity index (χ3v) is 3.82. The van der Waals surface area contributed by atoms with Crippen molar-refractivity contribution in [1.29, 1.82) is 0 Å². The Bertz CT molecular complexity index is 366. The predicted octanol–water partition coefficient (Wildman–Crippen LogP) is 1.94. The van der Waals surface area contributed by atoms with Crippen molar-refractivity contribution in [2.75, 3.05) is 0 Å². The Hall–Kier alpha value is -0.740. The van der Waals surface area contributed by atoms with Crippen LogP contribution in [0.2, 0.25) is 0 Å².